The lowest BCUT2D eigenvalue weighted by molar-refractivity contribution is -0.117. The van der Waals surface area contributed by atoms with E-state index >= 15 is 0 Å². The predicted octanol–water partition coefficient (Wildman–Crippen LogP) is 1.97. The van der Waals surface area contributed by atoms with Crippen LogP contribution < -0.4 is 10.6 Å². The molecule has 1 aliphatic heterocycles. The maximum atomic E-state index is 12.8. The van der Waals surface area contributed by atoms with Crippen LogP contribution in [0.5, 0.6) is 0 Å². The number of amides is 1. The topological polar surface area (TPSA) is 41.1 Å². The Bertz CT molecular complexity index is 378. The smallest absolute Gasteiger partial charge is 0.246 e. The van der Waals surface area contributed by atoms with Crippen molar-refractivity contribution < 1.29 is 9.18 Å². The molecular formula is C10H11FN2O. The van der Waals surface area contributed by atoms with Gasteiger partial charge < -0.3 is 10.6 Å². The van der Waals surface area contributed by atoms with E-state index in [2.05, 4.69) is 10.6 Å². The molecule has 74 valence electrons. The molecular weight excluding hydrogens is 183 g/mol. The van der Waals surface area contributed by atoms with Gasteiger partial charge in [-0.1, -0.05) is 6.92 Å². The van der Waals surface area contributed by atoms with Crippen molar-refractivity contribution in [2.24, 2.45) is 0 Å². The number of fused-ring (bicyclic) bond motifs is 1. The Morgan fingerprint density at radius 3 is 2.93 bits per heavy atom. The molecule has 14 heavy (non-hydrogen) atoms. The van der Waals surface area contributed by atoms with Crippen LogP contribution in [0.3, 0.4) is 0 Å². The maximum absolute atomic E-state index is 12.8. The summed E-state index contributed by atoms with van der Waals surface area (Å²) < 4.78 is 12.8. The van der Waals surface area contributed by atoms with Crippen LogP contribution in [0.2, 0.25) is 0 Å². The molecule has 0 bridgehead atoms. The van der Waals surface area contributed by atoms with Crippen molar-refractivity contribution in [1.82, 2.24) is 0 Å². The SMILES string of the molecule is CC[C@H]1Nc2ccc(F)cc2NC1=O. The summed E-state index contributed by atoms with van der Waals surface area (Å²) in [4.78, 5) is 11.4. The number of hydrogen-bond donors (Lipinski definition) is 2. The minimum absolute atomic E-state index is 0.106. The molecule has 0 spiro atoms. The van der Waals surface area contributed by atoms with Crippen molar-refractivity contribution in [2.75, 3.05) is 10.6 Å². The van der Waals surface area contributed by atoms with Crippen LogP contribution >= 0.6 is 0 Å². The van der Waals surface area contributed by atoms with E-state index in [1.54, 1.807) is 6.07 Å². The van der Waals surface area contributed by atoms with Crippen molar-refractivity contribution in [3.8, 4) is 0 Å². The molecule has 3 nitrogen and oxygen atoms in total. The second kappa shape index (κ2) is 3.29. The van der Waals surface area contributed by atoms with Crippen LogP contribution in [-0.2, 0) is 4.79 Å². The fourth-order valence-electron chi connectivity index (χ4n) is 1.51. The molecule has 1 heterocycles. The average molecular weight is 194 g/mol. The van der Waals surface area contributed by atoms with Gasteiger partial charge in [0.05, 0.1) is 11.4 Å². The Morgan fingerprint density at radius 1 is 1.43 bits per heavy atom. The number of hydrogen-bond acceptors (Lipinski definition) is 2. The third kappa shape index (κ3) is 1.43. The molecule has 1 aromatic carbocycles. The van der Waals surface area contributed by atoms with Gasteiger partial charge in [-0.3, -0.25) is 4.79 Å². The first kappa shape index (κ1) is 8.99. The number of carbonyl (C=O) groups excluding carboxylic acids is 1. The lowest BCUT2D eigenvalue weighted by atomic mass is 10.1. The minimum atomic E-state index is -0.346. The second-order valence-electron chi connectivity index (χ2n) is 3.28. The average Bonchev–Trinajstić information content (AvgIpc) is 2.16. The van der Waals surface area contributed by atoms with Crippen LogP contribution in [-0.4, -0.2) is 11.9 Å². The molecule has 0 saturated carbocycles. The van der Waals surface area contributed by atoms with Crippen molar-refractivity contribution in [1.29, 1.82) is 0 Å². The quantitative estimate of drug-likeness (QED) is 0.717. The molecule has 0 saturated heterocycles. The normalized spacial score (nSPS) is 19.6. The van der Waals surface area contributed by atoms with E-state index in [4.69, 9.17) is 0 Å². The zero-order chi connectivity index (χ0) is 10.1. The van der Waals surface area contributed by atoms with Gasteiger partial charge >= 0.3 is 0 Å². The molecule has 1 amide bonds. The van der Waals surface area contributed by atoms with Gasteiger partial charge in [0.2, 0.25) is 5.91 Å². The van der Waals surface area contributed by atoms with Gasteiger partial charge in [-0.25, -0.2) is 4.39 Å². The molecule has 2 N–H and O–H groups in total. The highest BCUT2D eigenvalue weighted by Crippen LogP contribution is 2.27. The summed E-state index contributed by atoms with van der Waals surface area (Å²) in [5.74, 6) is -0.452. The molecule has 0 aromatic heterocycles. The van der Waals surface area contributed by atoms with Crippen molar-refractivity contribution >= 4 is 17.3 Å². The van der Waals surface area contributed by atoms with Crippen molar-refractivity contribution in [3.05, 3.63) is 24.0 Å². The summed E-state index contributed by atoms with van der Waals surface area (Å²) >= 11 is 0. The highest BCUT2D eigenvalue weighted by atomic mass is 19.1. The summed E-state index contributed by atoms with van der Waals surface area (Å²) in [6.45, 7) is 1.92. The van der Waals surface area contributed by atoms with Crippen LogP contribution in [0.1, 0.15) is 13.3 Å². The molecule has 1 atom stereocenters. The van der Waals surface area contributed by atoms with E-state index in [1.807, 2.05) is 6.92 Å². The molecule has 0 unspecified atom stereocenters. The largest absolute Gasteiger partial charge is 0.372 e. The molecule has 0 radical (unpaired) electrons. The van der Waals surface area contributed by atoms with Crippen molar-refractivity contribution in [3.63, 3.8) is 0 Å². The highest BCUT2D eigenvalue weighted by molar-refractivity contribution is 6.02. The standard InChI is InChI=1S/C10H11FN2O/c1-2-7-10(14)13-9-5-6(11)3-4-8(9)12-7/h3-5,7,12H,2H2,1H3,(H,13,14)/t7-/m1/s1. The molecule has 1 aromatic rings. The van der Waals surface area contributed by atoms with Gasteiger partial charge in [0.25, 0.3) is 0 Å². The zero-order valence-corrected chi connectivity index (χ0v) is 7.80. The molecule has 4 heteroatoms. The Hall–Kier alpha value is -1.58. The van der Waals surface area contributed by atoms with Gasteiger partial charge in [0, 0.05) is 0 Å². The summed E-state index contributed by atoms with van der Waals surface area (Å²) in [6.07, 6.45) is 0.711. The molecule has 0 fully saturated rings. The van der Waals surface area contributed by atoms with Gasteiger partial charge in [-0.05, 0) is 24.6 Å². The Morgan fingerprint density at radius 2 is 2.21 bits per heavy atom. The van der Waals surface area contributed by atoms with Crippen LogP contribution in [0.25, 0.3) is 0 Å². The summed E-state index contributed by atoms with van der Waals surface area (Å²) in [6, 6.07) is 4.10. The van der Waals surface area contributed by atoms with E-state index in [1.165, 1.54) is 12.1 Å². The fourth-order valence-corrected chi connectivity index (χ4v) is 1.51. The summed E-state index contributed by atoms with van der Waals surface area (Å²) in [7, 11) is 0. The fraction of sp³-hybridized carbons (Fsp3) is 0.300. The summed E-state index contributed by atoms with van der Waals surface area (Å²) in [5.41, 5.74) is 1.29. The van der Waals surface area contributed by atoms with Gasteiger partial charge in [0.1, 0.15) is 11.9 Å². The molecule has 1 aliphatic rings. The number of rotatable bonds is 1. The number of benzene rings is 1. The molecule has 2 rings (SSSR count). The maximum Gasteiger partial charge on any atom is 0.246 e. The van der Waals surface area contributed by atoms with Gasteiger partial charge in [0.15, 0.2) is 0 Å². The number of nitrogens with one attached hydrogen (secondary N) is 2. The molecule has 0 aliphatic carbocycles. The minimum Gasteiger partial charge on any atom is -0.372 e. The monoisotopic (exact) mass is 194 g/mol. The van der Waals surface area contributed by atoms with E-state index in [-0.39, 0.29) is 17.8 Å². The summed E-state index contributed by atoms with van der Waals surface area (Å²) in [5, 5.41) is 5.71. The number of anilines is 2. The van der Waals surface area contributed by atoms with Crippen LogP contribution in [0.15, 0.2) is 18.2 Å². The van der Waals surface area contributed by atoms with E-state index in [0.29, 0.717) is 12.1 Å². The first-order valence-electron chi connectivity index (χ1n) is 4.57. The van der Waals surface area contributed by atoms with E-state index in [0.717, 1.165) is 5.69 Å². The van der Waals surface area contributed by atoms with Gasteiger partial charge in [-0.15, -0.1) is 0 Å². The van der Waals surface area contributed by atoms with Crippen LogP contribution in [0, 0.1) is 5.82 Å². The second-order valence-corrected chi connectivity index (χ2v) is 3.28. The van der Waals surface area contributed by atoms with Gasteiger partial charge in [-0.2, -0.15) is 0 Å². The van der Waals surface area contributed by atoms with Crippen LogP contribution in [0.4, 0.5) is 15.8 Å². The number of carbonyl (C=O) groups is 1. The lowest BCUT2D eigenvalue weighted by Crippen LogP contribution is -2.38. The number of halogens is 1. The van der Waals surface area contributed by atoms with Crippen molar-refractivity contribution in [2.45, 2.75) is 19.4 Å². The Kier molecular flexibility index (Phi) is 2.11. The van der Waals surface area contributed by atoms with E-state index in [9.17, 15) is 9.18 Å². The third-order valence-electron chi connectivity index (χ3n) is 2.29. The Labute approximate surface area is 81.3 Å². The third-order valence-corrected chi connectivity index (χ3v) is 2.29. The Balaban J connectivity index is 2.35. The zero-order valence-electron chi connectivity index (χ0n) is 7.80. The highest BCUT2D eigenvalue weighted by Gasteiger charge is 2.23. The first-order valence-corrected chi connectivity index (χ1v) is 4.57. The predicted molar refractivity (Wildman–Crippen MR) is 52.7 cm³/mol. The lowest BCUT2D eigenvalue weighted by Gasteiger charge is -2.25. The first-order chi connectivity index (χ1) is 6.70. The van der Waals surface area contributed by atoms with E-state index < -0.39 is 0 Å².